The summed E-state index contributed by atoms with van der Waals surface area (Å²) < 4.78 is 0. The standard InChI is InChI=1S/C22H24N2O/c1-3-23-22(25)19-13-7-12-18-16-10-6-11-17(16)20(24-21(18)19)15-9-5-4-8-14(15)2/h4-10,12-13,16-17,20,24H,3,11H2,1-2H3,(H,23,25). The summed E-state index contributed by atoms with van der Waals surface area (Å²) >= 11 is 0. The van der Waals surface area contributed by atoms with Crippen LogP contribution in [0.1, 0.15) is 52.4 Å². The van der Waals surface area contributed by atoms with Crippen molar-refractivity contribution >= 4 is 11.6 Å². The van der Waals surface area contributed by atoms with Gasteiger partial charge in [0.25, 0.3) is 5.91 Å². The van der Waals surface area contributed by atoms with Crippen molar-refractivity contribution in [1.82, 2.24) is 5.32 Å². The minimum Gasteiger partial charge on any atom is -0.377 e. The van der Waals surface area contributed by atoms with Gasteiger partial charge in [-0.05, 0) is 48.9 Å². The van der Waals surface area contributed by atoms with E-state index in [4.69, 9.17) is 0 Å². The third-order valence-corrected chi connectivity index (χ3v) is 5.50. The number of allylic oxidation sites excluding steroid dienone is 2. The van der Waals surface area contributed by atoms with E-state index in [-0.39, 0.29) is 11.9 Å². The summed E-state index contributed by atoms with van der Waals surface area (Å²) in [4.78, 5) is 12.5. The summed E-state index contributed by atoms with van der Waals surface area (Å²) in [5.41, 5.74) is 5.61. The van der Waals surface area contributed by atoms with Crippen LogP contribution in [0.25, 0.3) is 0 Å². The second kappa shape index (κ2) is 6.40. The first-order valence-electron chi connectivity index (χ1n) is 9.10. The third-order valence-electron chi connectivity index (χ3n) is 5.50. The molecule has 2 N–H and O–H groups in total. The van der Waals surface area contributed by atoms with E-state index < -0.39 is 0 Å². The largest absolute Gasteiger partial charge is 0.377 e. The van der Waals surface area contributed by atoms with Gasteiger partial charge in [0, 0.05) is 12.5 Å². The molecule has 2 aliphatic rings. The van der Waals surface area contributed by atoms with E-state index in [1.54, 1.807) is 0 Å². The molecule has 1 aliphatic carbocycles. The number of para-hydroxylation sites is 1. The fourth-order valence-corrected chi connectivity index (χ4v) is 4.31. The van der Waals surface area contributed by atoms with E-state index in [1.165, 1.54) is 16.7 Å². The van der Waals surface area contributed by atoms with Crippen LogP contribution in [0.2, 0.25) is 0 Å². The molecule has 0 aromatic heterocycles. The normalized spacial score (nSPS) is 23.5. The molecule has 0 saturated heterocycles. The molecule has 0 spiro atoms. The molecule has 1 amide bonds. The molecule has 2 aromatic rings. The lowest BCUT2D eigenvalue weighted by atomic mass is 9.75. The summed E-state index contributed by atoms with van der Waals surface area (Å²) in [6.45, 7) is 4.75. The van der Waals surface area contributed by atoms with Crippen molar-refractivity contribution in [2.24, 2.45) is 5.92 Å². The highest BCUT2D eigenvalue weighted by Gasteiger charge is 2.39. The number of fused-ring (bicyclic) bond motifs is 3. The Labute approximate surface area is 149 Å². The van der Waals surface area contributed by atoms with E-state index >= 15 is 0 Å². The van der Waals surface area contributed by atoms with Gasteiger partial charge >= 0.3 is 0 Å². The lowest BCUT2D eigenvalue weighted by Crippen LogP contribution is -2.32. The van der Waals surface area contributed by atoms with Gasteiger partial charge in [-0.15, -0.1) is 0 Å². The Morgan fingerprint density at radius 2 is 1.96 bits per heavy atom. The Hall–Kier alpha value is -2.55. The van der Waals surface area contributed by atoms with Gasteiger partial charge < -0.3 is 10.6 Å². The van der Waals surface area contributed by atoms with Gasteiger partial charge in [-0.3, -0.25) is 4.79 Å². The first-order chi connectivity index (χ1) is 12.2. The molecule has 3 nitrogen and oxygen atoms in total. The van der Waals surface area contributed by atoms with Crippen molar-refractivity contribution in [3.63, 3.8) is 0 Å². The molecule has 1 aliphatic heterocycles. The topological polar surface area (TPSA) is 41.1 Å². The molecule has 3 unspecified atom stereocenters. The number of rotatable bonds is 3. The number of anilines is 1. The zero-order valence-corrected chi connectivity index (χ0v) is 14.8. The molecule has 25 heavy (non-hydrogen) atoms. The summed E-state index contributed by atoms with van der Waals surface area (Å²) in [6, 6.07) is 14.9. The van der Waals surface area contributed by atoms with E-state index in [0.717, 1.165) is 17.7 Å². The molecule has 1 heterocycles. The number of amides is 1. The number of nitrogens with one attached hydrogen (secondary N) is 2. The molecule has 0 fully saturated rings. The number of hydrogen-bond donors (Lipinski definition) is 2. The van der Waals surface area contributed by atoms with Crippen molar-refractivity contribution in [2.75, 3.05) is 11.9 Å². The van der Waals surface area contributed by atoms with Gasteiger partial charge in [0.2, 0.25) is 0 Å². The van der Waals surface area contributed by atoms with Gasteiger partial charge in [-0.1, -0.05) is 48.6 Å². The summed E-state index contributed by atoms with van der Waals surface area (Å²) in [5, 5.41) is 6.67. The highest BCUT2D eigenvalue weighted by molar-refractivity contribution is 6.00. The van der Waals surface area contributed by atoms with Crippen LogP contribution >= 0.6 is 0 Å². The highest BCUT2D eigenvalue weighted by Crippen LogP contribution is 2.50. The minimum atomic E-state index is -0.00388. The van der Waals surface area contributed by atoms with Crippen LogP contribution in [-0.4, -0.2) is 12.5 Å². The van der Waals surface area contributed by atoms with Gasteiger partial charge in [0.05, 0.1) is 17.3 Å². The Morgan fingerprint density at radius 3 is 2.76 bits per heavy atom. The Balaban J connectivity index is 1.82. The monoisotopic (exact) mass is 332 g/mol. The predicted octanol–water partition coefficient (Wildman–Crippen LogP) is 4.57. The van der Waals surface area contributed by atoms with Crippen molar-refractivity contribution in [3.8, 4) is 0 Å². The van der Waals surface area contributed by atoms with Crippen molar-refractivity contribution in [1.29, 1.82) is 0 Å². The maximum Gasteiger partial charge on any atom is 0.253 e. The zero-order valence-electron chi connectivity index (χ0n) is 14.8. The average molecular weight is 332 g/mol. The predicted molar refractivity (Wildman–Crippen MR) is 102 cm³/mol. The number of hydrogen-bond acceptors (Lipinski definition) is 2. The first-order valence-corrected chi connectivity index (χ1v) is 9.10. The maximum atomic E-state index is 12.5. The fraction of sp³-hybridized carbons (Fsp3) is 0.318. The van der Waals surface area contributed by atoms with Crippen LogP contribution in [0.5, 0.6) is 0 Å². The molecular formula is C22H24N2O. The zero-order chi connectivity index (χ0) is 17.4. The highest BCUT2D eigenvalue weighted by atomic mass is 16.1. The smallest absolute Gasteiger partial charge is 0.253 e. The van der Waals surface area contributed by atoms with Crippen LogP contribution in [0.3, 0.4) is 0 Å². The summed E-state index contributed by atoms with van der Waals surface area (Å²) in [7, 11) is 0. The maximum absolute atomic E-state index is 12.5. The summed E-state index contributed by atoms with van der Waals surface area (Å²) in [6.07, 6.45) is 5.68. The quantitative estimate of drug-likeness (QED) is 0.808. The third kappa shape index (κ3) is 2.64. The van der Waals surface area contributed by atoms with Gasteiger partial charge in [0.15, 0.2) is 0 Å². The summed E-state index contributed by atoms with van der Waals surface area (Å²) in [5.74, 6) is 0.865. The van der Waals surface area contributed by atoms with E-state index in [1.807, 2.05) is 19.1 Å². The molecule has 3 heteroatoms. The van der Waals surface area contributed by atoms with Crippen LogP contribution in [0.15, 0.2) is 54.6 Å². The van der Waals surface area contributed by atoms with E-state index in [0.29, 0.717) is 18.4 Å². The van der Waals surface area contributed by atoms with Crippen LogP contribution < -0.4 is 10.6 Å². The minimum absolute atomic E-state index is 0.00388. The molecule has 128 valence electrons. The van der Waals surface area contributed by atoms with Crippen molar-refractivity contribution < 1.29 is 4.79 Å². The SMILES string of the molecule is CCNC(=O)c1cccc2c1NC(c1ccccc1C)C1CC=CC21. The number of carbonyl (C=O) groups excluding carboxylic acids is 1. The van der Waals surface area contributed by atoms with Crippen molar-refractivity contribution in [2.45, 2.75) is 32.2 Å². The van der Waals surface area contributed by atoms with E-state index in [2.05, 4.69) is 60.0 Å². The van der Waals surface area contributed by atoms with Gasteiger partial charge in [-0.2, -0.15) is 0 Å². The molecular weight excluding hydrogens is 308 g/mol. The number of benzene rings is 2. The first kappa shape index (κ1) is 15.9. The molecule has 2 aromatic carbocycles. The Kier molecular flexibility index (Phi) is 4.08. The average Bonchev–Trinajstić information content (AvgIpc) is 3.11. The lowest BCUT2D eigenvalue weighted by molar-refractivity contribution is 0.0956. The lowest BCUT2D eigenvalue weighted by Gasteiger charge is -2.39. The molecule has 3 atom stereocenters. The Bertz CT molecular complexity index is 840. The van der Waals surface area contributed by atoms with Gasteiger partial charge in [0.1, 0.15) is 0 Å². The fourth-order valence-electron chi connectivity index (χ4n) is 4.31. The molecule has 4 rings (SSSR count). The second-order valence-corrected chi connectivity index (χ2v) is 6.96. The van der Waals surface area contributed by atoms with Crippen LogP contribution in [-0.2, 0) is 0 Å². The van der Waals surface area contributed by atoms with Crippen LogP contribution in [0, 0.1) is 12.8 Å². The molecule has 0 radical (unpaired) electrons. The van der Waals surface area contributed by atoms with Crippen LogP contribution in [0.4, 0.5) is 5.69 Å². The van der Waals surface area contributed by atoms with Crippen molar-refractivity contribution in [3.05, 3.63) is 76.9 Å². The van der Waals surface area contributed by atoms with E-state index in [9.17, 15) is 4.79 Å². The molecule has 0 bridgehead atoms. The molecule has 0 saturated carbocycles. The van der Waals surface area contributed by atoms with Gasteiger partial charge in [-0.25, -0.2) is 0 Å². The Morgan fingerprint density at radius 1 is 1.16 bits per heavy atom. The number of aryl methyl sites for hydroxylation is 1. The second-order valence-electron chi connectivity index (χ2n) is 6.96. The number of carbonyl (C=O) groups is 1.